The summed E-state index contributed by atoms with van der Waals surface area (Å²) in [5.74, 6) is 0.805. The fourth-order valence-electron chi connectivity index (χ4n) is 3.40. The number of aromatic nitrogens is 1. The van der Waals surface area contributed by atoms with Gasteiger partial charge in [-0.15, -0.1) is 0 Å². The molecule has 0 aliphatic rings. The van der Waals surface area contributed by atoms with Crippen LogP contribution in [0.3, 0.4) is 0 Å². The molecule has 4 rings (SSSR count). The van der Waals surface area contributed by atoms with E-state index in [1.807, 2.05) is 48.5 Å². The van der Waals surface area contributed by atoms with Gasteiger partial charge in [0.25, 0.3) is 0 Å². The van der Waals surface area contributed by atoms with Gasteiger partial charge in [-0.1, -0.05) is 30.3 Å². The molecular formula is C24H19BrF2N2O2. The molecule has 0 bridgehead atoms. The summed E-state index contributed by atoms with van der Waals surface area (Å²) in [6.45, 7) is 0. The summed E-state index contributed by atoms with van der Waals surface area (Å²) in [5.41, 5.74) is 2.30. The molecule has 0 fully saturated rings. The number of nitrogens with zero attached hydrogens (tertiary/aromatic N) is 2. The second-order valence-electron chi connectivity index (χ2n) is 6.79. The third-order valence-electron chi connectivity index (χ3n) is 4.85. The van der Waals surface area contributed by atoms with Crippen molar-refractivity contribution in [1.82, 2.24) is 4.57 Å². The Balaban J connectivity index is 1.99. The summed E-state index contributed by atoms with van der Waals surface area (Å²) in [4.78, 5) is 0.936. The van der Waals surface area contributed by atoms with Crippen LogP contribution in [-0.4, -0.2) is 29.5 Å². The van der Waals surface area contributed by atoms with Crippen LogP contribution < -0.4 is 9.47 Å². The molecule has 0 amide bonds. The van der Waals surface area contributed by atoms with Crippen LogP contribution in [0.15, 0.2) is 83.9 Å². The number of hydrogen-bond acceptors (Lipinski definition) is 3. The van der Waals surface area contributed by atoms with E-state index < -0.39 is 10.7 Å². The molecule has 0 spiro atoms. The van der Waals surface area contributed by atoms with E-state index in [0.29, 0.717) is 28.4 Å². The standard InChI is InChI=1S/C24H19BrF2N2O2/c1-30-19-12-10-18(11-13-19)28-23(24(25,26)27)29-21-9-4-3-6-17(21)15-22(29)16-7-5-8-20(14-16)31-2/h3-15H,1-2H3. The molecule has 0 saturated heterocycles. The number of hydrogen-bond donors (Lipinski definition) is 0. The van der Waals surface area contributed by atoms with E-state index in [1.54, 1.807) is 44.6 Å². The van der Waals surface area contributed by atoms with Crippen molar-refractivity contribution in [3.8, 4) is 22.8 Å². The van der Waals surface area contributed by atoms with Gasteiger partial charge >= 0.3 is 4.83 Å². The van der Waals surface area contributed by atoms with Gasteiger partial charge in [0.15, 0.2) is 5.84 Å². The van der Waals surface area contributed by atoms with Gasteiger partial charge in [-0.3, -0.25) is 4.57 Å². The van der Waals surface area contributed by atoms with Crippen molar-refractivity contribution in [2.24, 2.45) is 4.99 Å². The van der Waals surface area contributed by atoms with E-state index in [4.69, 9.17) is 9.47 Å². The minimum absolute atomic E-state index is 0.379. The number of methoxy groups -OCH3 is 2. The van der Waals surface area contributed by atoms with Crippen LogP contribution in [0.4, 0.5) is 14.5 Å². The highest BCUT2D eigenvalue weighted by Crippen LogP contribution is 2.36. The molecule has 0 aliphatic heterocycles. The van der Waals surface area contributed by atoms with Crippen molar-refractivity contribution in [2.45, 2.75) is 4.83 Å². The predicted molar refractivity (Wildman–Crippen MR) is 123 cm³/mol. The van der Waals surface area contributed by atoms with Crippen molar-refractivity contribution in [2.75, 3.05) is 14.2 Å². The average Bonchev–Trinajstić information content (AvgIpc) is 3.16. The van der Waals surface area contributed by atoms with Gasteiger partial charge in [-0.25, -0.2) is 4.99 Å². The average molecular weight is 485 g/mol. The molecule has 0 unspecified atom stereocenters. The lowest BCUT2D eigenvalue weighted by molar-refractivity contribution is 0.189. The van der Waals surface area contributed by atoms with Gasteiger partial charge in [0, 0.05) is 10.9 Å². The van der Waals surface area contributed by atoms with Crippen molar-refractivity contribution in [3.05, 3.63) is 78.9 Å². The van der Waals surface area contributed by atoms with E-state index >= 15 is 0 Å². The largest absolute Gasteiger partial charge is 0.497 e. The fraction of sp³-hybridized carbons (Fsp3) is 0.125. The van der Waals surface area contributed by atoms with Crippen molar-refractivity contribution in [1.29, 1.82) is 0 Å². The Labute approximate surface area is 186 Å². The molecule has 1 heterocycles. The second-order valence-corrected chi connectivity index (χ2v) is 7.78. The molecule has 0 aliphatic carbocycles. The smallest absolute Gasteiger partial charge is 0.358 e. The molecule has 158 valence electrons. The summed E-state index contributed by atoms with van der Waals surface area (Å²) >= 11 is 2.54. The zero-order chi connectivity index (χ0) is 22.0. The zero-order valence-electron chi connectivity index (χ0n) is 16.9. The fourth-order valence-corrected chi connectivity index (χ4v) is 3.66. The van der Waals surface area contributed by atoms with Crippen LogP contribution in [-0.2, 0) is 0 Å². The van der Waals surface area contributed by atoms with Crippen molar-refractivity contribution < 1.29 is 18.3 Å². The van der Waals surface area contributed by atoms with E-state index in [1.165, 1.54) is 4.57 Å². The Kier molecular flexibility index (Phi) is 5.78. The summed E-state index contributed by atoms with van der Waals surface area (Å²) < 4.78 is 41.7. The van der Waals surface area contributed by atoms with E-state index in [-0.39, 0.29) is 0 Å². The number of alkyl halides is 3. The van der Waals surface area contributed by atoms with Crippen LogP contribution in [0.2, 0.25) is 0 Å². The first-order valence-electron chi connectivity index (χ1n) is 9.46. The Hall–Kier alpha value is -3.19. The SMILES string of the molecule is COc1ccc(N=C(n2c(-c3cccc(OC)c3)cc3ccccc32)C(F)(F)Br)cc1. The maximum atomic E-state index is 14.9. The molecule has 0 atom stereocenters. The molecule has 7 heteroatoms. The van der Waals surface area contributed by atoms with Gasteiger partial charge in [0.2, 0.25) is 0 Å². The van der Waals surface area contributed by atoms with Crippen LogP contribution >= 0.6 is 15.9 Å². The summed E-state index contributed by atoms with van der Waals surface area (Å²) in [6.07, 6.45) is 0. The first kappa shape index (κ1) is 21.1. The van der Waals surface area contributed by atoms with Crippen molar-refractivity contribution >= 4 is 38.4 Å². The number of fused-ring (bicyclic) bond motifs is 1. The topological polar surface area (TPSA) is 35.8 Å². The molecule has 0 N–H and O–H groups in total. The van der Waals surface area contributed by atoms with Gasteiger partial charge in [-0.2, -0.15) is 8.78 Å². The Morgan fingerprint density at radius 2 is 1.58 bits per heavy atom. The van der Waals surface area contributed by atoms with Crippen molar-refractivity contribution in [3.63, 3.8) is 0 Å². The minimum atomic E-state index is -3.39. The lowest BCUT2D eigenvalue weighted by Crippen LogP contribution is -2.29. The molecule has 1 aromatic heterocycles. The maximum Gasteiger partial charge on any atom is 0.358 e. The normalized spacial score (nSPS) is 12.2. The van der Waals surface area contributed by atoms with Crippen LogP contribution in [0.1, 0.15) is 0 Å². The van der Waals surface area contributed by atoms with Crippen LogP contribution in [0.5, 0.6) is 11.5 Å². The summed E-state index contributed by atoms with van der Waals surface area (Å²) in [5, 5.41) is 0.819. The van der Waals surface area contributed by atoms with Gasteiger partial charge in [0.05, 0.1) is 31.1 Å². The molecule has 4 nitrogen and oxygen atoms in total. The van der Waals surface area contributed by atoms with E-state index in [2.05, 4.69) is 20.9 Å². The van der Waals surface area contributed by atoms with E-state index in [0.717, 1.165) is 10.9 Å². The van der Waals surface area contributed by atoms with Crippen LogP contribution in [0.25, 0.3) is 22.2 Å². The zero-order valence-corrected chi connectivity index (χ0v) is 18.4. The minimum Gasteiger partial charge on any atom is -0.497 e. The van der Waals surface area contributed by atoms with Gasteiger partial charge in [-0.05, 0) is 64.5 Å². The highest BCUT2D eigenvalue weighted by atomic mass is 79.9. The van der Waals surface area contributed by atoms with Gasteiger partial charge < -0.3 is 9.47 Å². The highest BCUT2D eigenvalue weighted by Gasteiger charge is 2.36. The number of benzene rings is 3. The lowest BCUT2D eigenvalue weighted by atomic mass is 10.1. The Bertz CT molecular complexity index is 1240. The number of para-hydroxylation sites is 1. The number of halogens is 3. The van der Waals surface area contributed by atoms with Crippen LogP contribution in [0, 0.1) is 0 Å². The molecule has 3 aromatic carbocycles. The Morgan fingerprint density at radius 1 is 0.871 bits per heavy atom. The molecule has 0 radical (unpaired) electrons. The predicted octanol–water partition coefficient (Wildman–Crippen LogP) is 6.89. The summed E-state index contributed by atoms with van der Waals surface area (Å²) in [6, 6.07) is 23.1. The second kappa shape index (κ2) is 8.51. The lowest BCUT2D eigenvalue weighted by Gasteiger charge is -2.18. The number of ether oxygens (including phenoxy) is 2. The van der Waals surface area contributed by atoms with E-state index in [9.17, 15) is 8.78 Å². The first-order chi connectivity index (χ1) is 14.9. The quantitative estimate of drug-likeness (QED) is 0.175. The number of rotatable bonds is 5. The molecule has 31 heavy (non-hydrogen) atoms. The maximum absolute atomic E-state index is 14.9. The Morgan fingerprint density at radius 3 is 2.26 bits per heavy atom. The first-order valence-corrected chi connectivity index (χ1v) is 10.3. The third-order valence-corrected chi connectivity index (χ3v) is 5.20. The van der Waals surface area contributed by atoms with Gasteiger partial charge in [0.1, 0.15) is 11.5 Å². The molecule has 0 saturated carbocycles. The third kappa shape index (κ3) is 4.32. The monoisotopic (exact) mass is 484 g/mol. The molecular weight excluding hydrogens is 466 g/mol. The molecule has 4 aromatic rings. The highest BCUT2D eigenvalue weighted by molar-refractivity contribution is 9.10. The summed E-state index contributed by atoms with van der Waals surface area (Å²) in [7, 11) is 3.11. The number of aliphatic imine (C=N–C) groups is 1.